The number of carbonyl (C=O) groups is 1. The lowest BCUT2D eigenvalue weighted by Crippen LogP contribution is -2.30. The highest BCUT2D eigenvalue weighted by molar-refractivity contribution is 7.20. The van der Waals surface area contributed by atoms with Crippen LogP contribution in [0.4, 0.5) is 5.82 Å². The molecule has 0 saturated carbocycles. The monoisotopic (exact) mass is 343 g/mol. The summed E-state index contributed by atoms with van der Waals surface area (Å²) in [6.07, 6.45) is 4.33. The van der Waals surface area contributed by atoms with Crippen LogP contribution in [0.1, 0.15) is 33.4 Å². The number of thiophene rings is 1. The lowest BCUT2D eigenvalue weighted by atomic mass is 10.1. The first kappa shape index (κ1) is 15.1. The van der Waals surface area contributed by atoms with Crippen molar-refractivity contribution in [2.45, 2.75) is 26.8 Å². The highest BCUT2D eigenvalue weighted by Gasteiger charge is 2.25. The van der Waals surface area contributed by atoms with Gasteiger partial charge in [-0.05, 0) is 19.4 Å². The molecule has 3 aromatic heterocycles. The number of aromatic nitrogens is 4. The molecule has 124 valence electrons. The predicted octanol–water partition coefficient (Wildman–Crippen LogP) is 2.46. The summed E-state index contributed by atoms with van der Waals surface area (Å²) in [6.45, 7) is 5.71. The van der Waals surface area contributed by atoms with Crippen molar-refractivity contribution in [3.05, 3.63) is 34.2 Å². The first-order valence-corrected chi connectivity index (χ1v) is 8.68. The number of fused-ring (bicyclic) bond motifs is 2. The molecule has 0 radical (unpaired) electrons. The minimum absolute atomic E-state index is 0.292. The Morgan fingerprint density at radius 2 is 2.33 bits per heavy atom. The van der Waals surface area contributed by atoms with E-state index in [4.69, 9.17) is 4.74 Å². The Bertz CT molecular complexity index is 916. The zero-order valence-electron chi connectivity index (χ0n) is 13.5. The number of rotatable bonds is 3. The molecule has 0 spiro atoms. The molecule has 1 N–H and O–H groups in total. The largest absolute Gasteiger partial charge is 0.462 e. The molecular formula is C16H17N5O2S. The number of H-pyrrole nitrogens is 1. The van der Waals surface area contributed by atoms with Gasteiger partial charge in [0.1, 0.15) is 21.9 Å². The molecule has 4 heterocycles. The number of hydrogen-bond donors (Lipinski definition) is 1. The maximum atomic E-state index is 12.2. The van der Waals surface area contributed by atoms with Gasteiger partial charge >= 0.3 is 5.97 Å². The van der Waals surface area contributed by atoms with Gasteiger partial charge in [-0.15, -0.1) is 11.3 Å². The van der Waals surface area contributed by atoms with Gasteiger partial charge < -0.3 is 9.64 Å². The van der Waals surface area contributed by atoms with Gasteiger partial charge in [-0.1, -0.05) is 0 Å². The van der Waals surface area contributed by atoms with Crippen molar-refractivity contribution < 1.29 is 9.53 Å². The number of aromatic amines is 1. The minimum atomic E-state index is -0.292. The second-order valence-corrected chi connectivity index (χ2v) is 6.70. The number of nitrogens with one attached hydrogen (secondary N) is 1. The zero-order chi connectivity index (χ0) is 16.7. The molecule has 7 nitrogen and oxygen atoms in total. The van der Waals surface area contributed by atoms with Gasteiger partial charge in [0.15, 0.2) is 0 Å². The topological polar surface area (TPSA) is 84.0 Å². The van der Waals surface area contributed by atoms with Gasteiger partial charge in [-0.2, -0.15) is 5.10 Å². The number of esters is 1. The minimum Gasteiger partial charge on any atom is -0.462 e. The van der Waals surface area contributed by atoms with Crippen LogP contribution >= 0.6 is 11.3 Å². The normalized spacial score (nSPS) is 14.0. The van der Waals surface area contributed by atoms with E-state index in [1.807, 2.05) is 20.0 Å². The van der Waals surface area contributed by atoms with E-state index < -0.39 is 0 Å². The molecule has 0 bridgehead atoms. The molecule has 24 heavy (non-hydrogen) atoms. The number of aryl methyl sites for hydroxylation is 1. The third-order valence-electron chi connectivity index (χ3n) is 4.27. The van der Waals surface area contributed by atoms with Crippen LogP contribution in [-0.2, 0) is 17.7 Å². The Morgan fingerprint density at radius 1 is 1.46 bits per heavy atom. The number of hydrogen-bond acceptors (Lipinski definition) is 7. The first-order chi connectivity index (χ1) is 11.7. The van der Waals surface area contributed by atoms with Crippen molar-refractivity contribution in [1.29, 1.82) is 0 Å². The van der Waals surface area contributed by atoms with Crippen LogP contribution in [0, 0.1) is 6.92 Å². The smallest absolute Gasteiger partial charge is 0.348 e. The van der Waals surface area contributed by atoms with Crippen LogP contribution < -0.4 is 4.90 Å². The molecular weight excluding hydrogens is 326 g/mol. The fourth-order valence-electron chi connectivity index (χ4n) is 3.09. The van der Waals surface area contributed by atoms with Crippen molar-refractivity contribution in [2.75, 3.05) is 18.1 Å². The average molecular weight is 343 g/mol. The summed E-state index contributed by atoms with van der Waals surface area (Å²) in [5, 5.41) is 8.10. The summed E-state index contributed by atoms with van der Waals surface area (Å²) in [5.41, 5.74) is 3.26. The average Bonchev–Trinajstić information content (AvgIpc) is 3.19. The Hall–Kier alpha value is -2.48. The van der Waals surface area contributed by atoms with Gasteiger partial charge in [-0.3, -0.25) is 5.10 Å². The van der Waals surface area contributed by atoms with Gasteiger partial charge in [-0.25, -0.2) is 14.8 Å². The van der Waals surface area contributed by atoms with E-state index in [0.29, 0.717) is 11.5 Å². The van der Waals surface area contributed by atoms with Crippen molar-refractivity contribution in [3.8, 4) is 0 Å². The number of anilines is 1. The standard InChI is InChI=1S/C16H17N5O2S/c1-3-23-16(22)13-9(2)12-14(17-8-18-15(12)24-13)21-5-4-11-10(7-21)6-19-20-11/h6,8H,3-5,7H2,1-2H3,(H,19,20). The van der Waals surface area contributed by atoms with Crippen molar-refractivity contribution in [2.24, 2.45) is 0 Å². The summed E-state index contributed by atoms with van der Waals surface area (Å²) < 4.78 is 5.16. The van der Waals surface area contributed by atoms with E-state index in [2.05, 4.69) is 25.1 Å². The molecule has 8 heteroatoms. The van der Waals surface area contributed by atoms with Crippen molar-refractivity contribution in [1.82, 2.24) is 20.2 Å². The summed E-state index contributed by atoms with van der Waals surface area (Å²) in [6, 6.07) is 0. The van der Waals surface area contributed by atoms with E-state index in [9.17, 15) is 4.79 Å². The molecule has 1 aliphatic heterocycles. The summed E-state index contributed by atoms with van der Waals surface area (Å²) in [4.78, 5) is 24.7. The summed E-state index contributed by atoms with van der Waals surface area (Å²) in [5.74, 6) is 0.580. The Morgan fingerprint density at radius 3 is 3.17 bits per heavy atom. The quantitative estimate of drug-likeness (QED) is 0.736. The SMILES string of the molecule is CCOC(=O)c1sc2ncnc(N3CCc4[nH]ncc4C3)c2c1C. The van der Waals surface area contributed by atoms with Gasteiger partial charge in [0.2, 0.25) is 0 Å². The first-order valence-electron chi connectivity index (χ1n) is 7.86. The fraction of sp³-hybridized carbons (Fsp3) is 0.375. The van der Waals surface area contributed by atoms with Gasteiger partial charge in [0.05, 0.1) is 18.2 Å². The van der Waals surface area contributed by atoms with Crippen LogP contribution in [0.3, 0.4) is 0 Å². The molecule has 0 saturated heterocycles. The highest BCUT2D eigenvalue weighted by Crippen LogP contribution is 2.36. The van der Waals surface area contributed by atoms with Crippen molar-refractivity contribution >= 4 is 33.3 Å². The third-order valence-corrected chi connectivity index (χ3v) is 5.45. The number of nitrogens with zero attached hydrogens (tertiary/aromatic N) is 4. The molecule has 0 fully saturated rings. The van der Waals surface area contributed by atoms with E-state index in [1.165, 1.54) is 22.6 Å². The number of ether oxygens (including phenoxy) is 1. The van der Waals surface area contributed by atoms with E-state index in [1.54, 1.807) is 6.33 Å². The van der Waals surface area contributed by atoms with Crippen LogP contribution in [0.25, 0.3) is 10.2 Å². The predicted molar refractivity (Wildman–Crippen MR) is 91.5 cm³/mol. The summed E-state index contributed by atoms with van der Waals surface area (Å²) >= 11 is 1.37. The Kier molecular flexibility index (Phi) is 3.68. The Labute approximate surface area is 142 Å². The van der Waals surface area contributed by atoms with Crippen molar-refractivity contribution in [3.63, 3.8) is 0 Å². The van der Waals surface area contributed by atoms with Crippen LogP contribution in [0.15, 0.2) is 12.5 Å². The van der Waals surface area contributed by atoms with E-state index in [-0.39, 0.29) is 5.97 Å². The lowest BCUT2D eigenvalue weighted by molar-refractivity contribution is 0.0531. The second-order valence-electron chi connectivity index (χ2n) is 5.70. The zero-order valence-corrected chi connectivity index (χ0v) is 14.3. The lowest BCUT2D eigenvalue weighted by Gasteiger charge is -2.28. The second kappa shape index (κ2) is 5.86. The molecule has 0 unspecified atom stereocenters. The molecule has 3 aromatic rings. The Balaban J connectivity index is 1.78. The van der Waals surface area contributed by atoms with Crippen LogP contribution in [0.2, 0.25) is 0 Å². The maximum Gasteiger partial charge on any atom is 0.348 e. The van der Waals surface area contributed by atoms with E-state index >= 15 is 0 Å². The summed E-state index contributed by atoms with van der Waals surface area (Å²) in [7, 11) is 0. The molecule has 0 aliphatic carbocycles. The molecule has 1 aliphatic rings. The van der Waals surface area contributed by atoms with E-state index in [0.717, 1.165) is 41.1 Å². The third kappa shape index (κ3) is 2.34. The molecule has 0 atom stereocenters. The molecule has 0 amide bonds. The van der Waals surface area contributed by atoms with Crippen LogP contribution in [0.5, 0.6) is 0 Å². The van der Waals surface area contributed by atoms with Gasteiger partial charge in [0, 0.05) is 30.8 Å². The van der Waals surface area contributed by atoms with Gasteiger partial charge in [0.25, 0.3) is 0 Å². The molecule has 4 rings (SSSR count). The highest BCUT2D eigenvalue weighted by atomic mass is 32.1. The number of carbonyl (C=O) groups excluding carboxylic acids is 1. The maximum absolute atomic E-state index is 12.2. The molecule has 0 aromatic carbocycles. The van der Waals surface area contributed by atoms with Crippen LogP contribution in [-0.4, -0.2) is 39.3 Å². The fourth-order valence-corrected chi connectivity index (χ4v) is 4.12.